The van der Waals surface area contributed by atoms with E-state index in [2.05, 4.69) is 5.32 Å². The Morgan fingerprint density at radius 1 is 1.00 bits per heavy atom. The number of ketones is 1. The Kier molecular flexibility index (Phi) is 8.35. The van der Waals surface area contributed by atoms with Gasteiger partial charge in [-0.05, 0) is 50.3 Å². The van der Waals surface area contributed by atoms with Crippen LogP contribution in [0.2, 0.25) is 0 Å². The van der Waals surface area contributed by atoms with Crippen LogP contribution >= 0.6 is 0 Å². The predicted molar refractivity (Wildman–Crippen MR) is 150 cm³/mol. The molecule has 1 aliphatic heterocycles. The number of hydrogen-bond donors (Lipinski definition) is 3. The lowest BCUT2D eigenvalue weighted by Gasteiger charge is -2.57. The van der Waals surface area contributed by atoms with Crippen LogP contribution in [-0.4, -0.2) is 63.3 Å². The molecule has 1 aromatic rings. The molecule has 0 radical (unpaired) electrons. The SMILES string of the molecule is CC(=O)OC1C2C=CCC(C)C(=O)C(C)(O)C=CC(OC(C)=O)C23C(=O)NC(Cc2ccccc2)C3C(C)C1(C)O. The third kappa shape index (κ3) is 5.37. The van der Waals surface area contributed by atoms with Crippen LogP contribution in [0.15, 0.2) is 54.6 Å². The van der Waals surface area contributed by atoms with Crippen LogP contribution in [0.5, 0.6) is 0 Å². The molecule has 41 heavy (non-hydrogen) atoms. The number of allylic oxidation sites excluding steroid dienone is 1. The van der Waals surface area contributed by atoms with Gasteiger partial charge in [0.2, 0.25) is 5.91 Å². The van der Waals surface area contributed by atoms with Crippen LogP contribution in [0.1, 0.15) is 53.5 Å². The Morgan fingerprint density at radius 3 is 2.24 bits per heavy atom. The number of hydrogen-bond acceptors (Lipinski definition) is 8. The van der Waals surface area contributed by atoms with Crippen molar-refractivity contribution in [3.8, 4) is 0 Å². The van der Waals surface area contributed by atoms with E-state index in [1.807, 2.05) is 37.3 Å². The van der Waals surface area contributed by atoms with Crippen molar-refractivity contribution in [3.05, 3.63) is 60.2 Å². The first kappa shape index (κ1) is 30.7. The maximum Gasteiger partial charge on any atom is 0.303 e. The normalized spacial score (nSPS) is 40.5. The summed E-state index contributed by atoms with van der Waals surface area (Å²) in [4.78, 5) is 52.5. The lowest BCUT2D eigenvalue weighted by Crippen LogP contribution is -2.69. The van der Waals surface area contributed by atoms with Gasteiger partial charge in [-0.3, -0.25) is 19.2 Å². The van der Waals surface area contributed by atoms with Crippen LogP contribution in [0.3, 0.4) is 0 Å². The number of aliphatic hydroxyl groups is 2. The summed E-state index contributed by atoms with van der Waals surface area (Å²) in [5.74, 6) is -4.92. The zero-order valence-corrected chi connectivity index (χ0v) is 24.5. The highest BCUT2D eigenvalue weighted by molar-refractivity contribution is 5.91. The monoisotopic (exact) mass is 567 g/mol. The summed E-state index contributed by atoms with van der Waals surface area (Å²) in [7, 11) is 0. The summed E-state index contributed by atoms with van der Waals surface area (Å²) in [5.41, 5.74) is -4.05. The number of amides is 1. The first-order valence-corrected chi connectivity index (χ1v) is 14.2. The molecule has 9 nitrogen and oxygen atoms in total. The molecule has 1 aromatic carbocycles. The molecule has 2 fully saturated rings. The molecule has 2 aliphatic carbocycles. The van der Waals surface area contributed by atoms with E-state index in [0.29, 0.717) is 6.42 Å². The van der Waals surface area contributed by atoms with Crippen molar-refractivity contribution in [2.45, 2.75) is 83.8 Å². The summed E-state index contributed by atoms with van der Waals surface area (Å²) in [6.45, 7) is 8.93. The fraction of sp³-hybridized carbons (Fsp3) is 0.562. The fourth-order valence-corrected chi connectivity index (χ4v) is 7.29. The summed E-state index contributed by atoms with van der Waals surface area (Å²) in [5, 5.41) is 26.3. The molecule has 1 spiro atoms. The van der Waals surface area contributed by atoms with E-state index in [9.17, 15) is 29.4 Å². The van der Waals surface area contributed by atoms with Crippen LogP contribution in [0, 0.1) is 29.1 Å². The number of benzene rings is 1. The number of Topliss-reactive ketones (excluding diaryl/α,β-unsaturated/α-hetero) is 1. The molecule has 1 saturated heterocycles. The van der Waals surface area contributed by atoms with E-state index in [1.165, 1.54) is 32.9 Å². The average Bonchev–Trinajstić information content (AvgIpc) is 3.17. The predicted octanol–water partition coefficient (Wildman–Crippen LogP) is 2.68. The minimum Gasteiger partial charge on any atom is -0.459 e. The lowest BCUT2D eigenvalue weighted by atomic mass is 9.48. The quantitative estimate of drug-likeness (QED) is 0.373. The smallest absolute Gasteiger partial charge is 0.303 e. The largest absolute Gasteiger partial charge is 0.459 e. The van der Waals surface area contributed by atoms with Gasteiger partial charge >= 0.3 is 11.9 Å². The van der Waals surface area contributed by atoms with Crippen LogP contribution < -0.4 is 5.32 Å². The second kappa shape index (κ2) is 11.2. The maximum absolute atomic E-state index is 14.5. The highest BCUT2D eigenvalue weighted by atomic mass is 16.6. The lowest BCUT2D eigenvalue weighted by molar-refractivity contribution is -0.228. The van der Waals surface area contributed by atoms with E-state index in [4.69, 9.17) is 9.47 Å². The first-order chi connectivity index (χ1) is 19.1. The zero-order chi connectivity index (χ0) is 30.3. The zero-order valence-electron chi connectivity index (χ0n) is 24.5. The highest BCUT2D eigenvalue weighted by Crippen LogP contribution is 2.60. The van der Waals surface area contributed by atoms with Crippen molar-refractivity contribution in [3.63, 3.8) is 0 Å². The minimum absolute atomic E-state index is 0.234. The van der Waals surface area contributed by atoms with Gasteiger partial charge < -0.3 is 25.0 Å². The number of nitrogens with one attached hydrogen (secondary N) is 1. The Balaban J connectivity index is 2.02. The number of esters is 2. The van der Waals surface area contributed by atoms with Gasteiger partial charge in [-0.15, -0.1) is 0 Å². The van der Waals surface area contributed by atoms with Gasteiger partial charge in [0.05, 0.1) is 0 Å². The van der Waals surface area contributed by atoms with Gasteiger partial charge in [0, 0.05) is 37.6 Å². The van der Waals surface area contributed by atoms with Crippen molar-refractivity contribution < 1.29 is 38.9 Å². The van der Waals surface area contributed by atoms with E-state index < -0.39 is 82.2 Å². The van der Waals surface area contributed by atoms with Gasteiger partial charge in [-0.25, -0.2) is 0 Å². The number of rotatable bonds is 4. The standard InChI is InChI=1S/C32H41NO8/c1-18-11-10-14-23-28(41-21(4)35)31(6,39)19(2)26-24(17-22-12-8-7-9-13-22)33-29(37)32(23,26)25(40-20(3)34)15-16-30(5,38)27(18)36/h7-10,12-16,18-19,23-26,28,38-39H,11,17H2,1-6H3,(H,33,37). The summed E-state index contributed by atoms with van der Waals surface area (Å²) in [6.07, 6.45) is 4.36. The average molecular weight is 568 g/mol. The molecule has 9 heteroatoms. The summed E-state index contributed by atoms with van der Waals surface area (Å²) >= 11 is 0. The first-order valence-electron chi connectivity index (χ1n) is 14.2. The van der Waals surface area contributed by atoms with Crippen LogP contribution in [0.25, 0.3) is 0 Å². The van der Waals surface area contributed by atoms with Crippen molar-refractivity contribution >= 4 is 23.6 Å². The molecule has 10 atom stereocenters. The Hall–Kier alpha value is -3.30. The molecule has 10 unspecified atom stereocenters. The highest BCUT2D eigenvalue weighted by Gasteiger charge is 2.73. The van der Waals surface area contributed by atoms with Crippen molar-refractivity contribution in [2.24, 2.45) is 29.1 Å². The van der Waals surface area contributed by atoms with E-state index in [-0.39, 0.29) is 6.42 Å². The van der Waals surface area contributed by atoms with Gasteiger partial charge in [0.25, 0.3) is 0 Å². The van der Waals surface area contributed by atoms with Gasteiger partial charge in [-0.2, -0.15) is 0 Å². The van der Waals surface area contributed by atoms with Crippen molar-refractivity contribution in [1.82, 2.24) is 5.32 Å². The minimum atomic E-state index is -1.89. The molecule has 3 N–H and O–H groups in total. The molecule has 1 heterocycles. The van der Waals surface area contributed by atoms with Crippen LogP contribution in [0.4, 0.5) is 0 Å². The van der Waals surface area contributed by atoms with Gasteiger partial charge in [-0.1, -0.05) is 56.3 Å². The molecule has 4 rings (SSSR count). The number of carbonyl (C=O) groups excluding carboxylic acids is 4. The Morgan fingerprint density at radius 2 is 1.63 bits per heavy atom. The third-order valence-electron chi connectivity index (χ3n) is 9.34. The second-order valence-corrected chi connectivity index (χ2v) is 12.3. The summed E-state index contributed by atoms with van der Waals surface area (Å²) < 4.78 is 11.7. The summed E-state index contributed by atoms with van der Waals surface area (Å²) in [6, 6.07) is 9.14. The molecule has 0 aromatic heterocycles. The van der Waals surface area contributed by atoms with Crippen molar-refractivity contribution in [1.29, 1.82) is 0 Å². The molecule has 3 aliphatic rings. The van der Waals surface area contributed by atoms with Gasteiger partial charge in [0.15, 0.2) is 5.78 Å². The fourth-order valence-electron chi connectivity index (χ4n) is 7.29. The molecule has 0 bridgehead atoms. The van der Waals surface area contributed by atoms with E-state index in [0.717, 1.165) is 5.56 Å². The number of carbonyl (C=O) groups is 4. The third-order valence-corrected chi connectivity index (χ3v) is 9.34. The van der Waals surface area contributed by atoms with Gasteiger partial charge in [0.1, 0.15) is 28.8 Å². The van der Waals surface area contributed by atoms with Crippen LogP contribution in [-0.2, 0) is 35.1 Å². The van der Waals surface area contributed by atoms with E-state index >= 15 is 0 Å². The Labute approximate surface area is 241 Å². The maximum atomic E-state index is 14.5. The Bertz CT molecular complexity index is 1250. The molecule has 1 saturated carbocycles. The molecular weight excluding hydrogens is 526 g/mol. The molecule has 222 valence electrons. The molecule has 1 amide bonds. The topological polar surface area (TPSA) is 139 Å². The second-order valence-electron chi connectivity index (χ2n) is 12.3. The number of ether oxygens (including phenoxy) is 2. The molecular formula is C32H41NO8. The van der Waals surface area contributed by atoms with E-state index in [1.54, 1.807) is 26.0 Å². The van der Waals surface area contributed by atoms with Crippen molar-refractivity contribution in [2.75, 3.05) is 0 Å².